The molecule has 5 atom stereocenters. The summed E-state index contributed by atoms with van der Waals surface area (Å²) in [5, 5.41) is 3.31. The fraction of sp³-hybridized carbons (Fsp3) is 0.950. The molecule has 0 aromatic heterocycles. The lowest BCUT2D eigenvalue weighted by Crippen LogP contribution is -2.69. The van der Waals surface area contributed by atoms with Crippen LogP contribution in [0.2, 0.25) is 78.6 Å². The van der Waals surface area contributed by atoms with Gasteiger partial charge in [0.25, 0.3) is 0 Å². The standard InChI is InChI=1S/C20H46BrNO6Si4/c1-29(2,3)24-14-15-18(26-30(4,5)6)19(27-31(7,8)9)17(22-16(23)13-21)20(25-15)28-32(10,11)12/h15,17-20H,13-14H2,1-12H3,(H,22,23)/t15-,17-,18+,19-,20?/m1/s1. The zero-order chi connectivity index (χ0) is 25.1. The zero-order valence-corrected chi connectivity index (χ0v) is 27.7. The van der Waals surface area contributed by atoms with Crippen molar-refractivity contribution in [2.45, 2.75) is 109 Å². The van der Waals surface area contributed by atoms with Crippen LogP contribution in [-0.4, -0.2) is 81.8 Å². The summed E-state index contributed by atoms with van der Waals surface area (Å²) >= 11 is 3.27. The van der Waals surface area contributed by atoms with E-state index in [9.17, 15) is 4.79 Å². The Bertz CT molecular complexity index is 615. The van der Waals surface area contributed by atoms with E-state index < -0.39 is 45.6 Å². The molecular formula is C20H46BrNO6Si4. The van der Waals surface area contributed by atoms with Crippen LogP contribution in [-0.2, 0) is 27.2 Å². The van der Waals surface area contributed by atoms with Crippen molar-refractivity contribution >= 4 is 55.1 Å². The Morgan fingerprint density at radius 3 is 1.66 bits per heavy atom. The molecule has 0 aromatic carbocycles. The van der Waals surface area contributed by atoms with E-state index in [1.807, 2.05) is 0 Å². The predicted molar refractivity (Wildman–Crippen MR) is 145 cm³/mol. The van der Waals surface area contributed by atoms with E-state index in [1.54, 1.807) is 0 Å². The van der Waals surface area contributed by atoms with Gasteiger partial charge in [-0.2, -0.15) is 0 Å². The molecule has 190 valence electrons. The molecule has 0 bridgehead atoms. The van der Waals surface area contributed by atoms with Crippen LogP contribution in [0, 0.1) is 0 Å². The number of nitrogens with one attached hydrogen (secondary N) is 1. The number of carbonyl (C=O) groups excluding carboxylic acids is 1. The lowest BCUT2D eigenvalue weighted by molar-refractivity contribution is -0.238. The highest BCUT2D eigenvalue weighted by molar-refractivity contribution is 9.09. The van der Waals surface area contributed by atoms with E-state index >= 15 is 0 Å². The highest BCUT2D eigenvalue weighted by atomic mass is 79.9. The molecule has 0 spiro atoms. The molecule has 7 nitrogen and oxygen atoms in total. The molecule has 1 heterocycles. The fourth-order valence-electron chi connectivity index (χ4n) is 3.30. The van der Waals surface area contributed by atoms with Crippen molar-refractivity contribution in [1.29, 1.82) is 0 Å². The zero-order valence-electron chi connectivity index (χ0n) is 22.1. The molecule has 1 aliphatic heterocycles. The Labute approximate surface area is 208 Å². The molecule has 1 aliphatic rings. The van der Waals surface area contributed by atoms with Gasteiger partial charge in [-0.1, -0.05) is 15.9 Å². The SMILES string of the molecule is C[Si](C)(C)OC[C@H]1OC(O[Si](C)(C)C)[C@H](NC(=O)CBr)[C@@H](O[Si](C)(C)C)[C@H]1O[Si](C)(C)C. The first kappa shape index (κ1) is 30.6. The Morgan fingerprint density at radius 1 is 0.781 bits per heavy atom. The Hall–Kier alpha value is 0.618. The van der Waals surface area contributed by atoms with Gasteiger partial charge >= 0.3 is 0 Å². The van der Waals surface area contributed by atoms with Crippen molar-refractivity contribution in [3.05, 3.63) is 0 Å². The van der Waals surface area contributed by atoms with Gasteiger partial charge in [-0.15, -0.1) is 0 Å². The third-order valence-corrected chi connectivity index (χ3v) is 8.66. The lowest BCUT2D eigenvalue weighted by atomic mass is 9.97. The summed E-state index contributed by atoms with van der Waals surface area (Å²) in [5.41, 5.74) is 0. The van der Waals surface area contributed by atoms with Gasteiger partial charge in [0.2, 0.25) is 5.91 Å². The third kappa shape index (κ3) is 11.8. The molecule has 0 aromatic rings. The van der Waals surface area contributed by atoms with Gasteiger partial charge in [-0.25, -0.2) is 0 Å². The maximum absolute atomic E-state index is 12.5. The van der Waals surface area contributed by atoms with E-state index in [2.05, 4.69) is 99.8 Å². The number of alkyl halides is 1. The van der Waals surface area contributed by atoms with Gasteiger partial charge in [0.1, 0.15) is 18.2 Å². The van der Waals surface area contributed by atoms with Crippen LogP contribution in [0.15, 0.2) is 0 Å². The second kappa shape index (κ2) is 11.6. The minimum atomic E-state index is -2.00. The minimum absolute atomic E-state index is 0.129. The number of hydrogen-bond donors (Lipinski definition) is 1. The molecule has 32 heavy (non-hydrogen) atoms. The average molecular weight is 589 g/mol. The van der Waals surface area contributed by atoms with E-state index in [4.69, 9.17) is 22.4 Å². The van der Waals surface area contributed by atoms with Gasteiger partial charge in [0.05, 0.1) is 18.0 Å². The maximum Gasteiger partial charge on any atom is 0.231 e. The van der Waals surface area contributed by atoms with Crippen LogP contribution in [0.5, 0.6) is 0 Å². The molecule has 1 rings (SSSR count). The summed E-state index contributed by atoms with van der Waals surface area (Å²) in [5.74, 6) is -0.129. The van der Waals surface area contributed by atoms with Gasteiger partial charge in [0.15, 0.2) is 39.6 Å². The normalized spacial score (nSPS) is 28.0. The summed E-state index contributed by atoms with van der Waals surface area (Å²) in [7, 11) is -7.74. The van der Waals surface area contributed by atoms with Crippen molar-refractivity contribution in [3.63, 3.8) is 0 Å². The first-order valence-corrected chi connectivity index (χ1v) is 26.1. The Kier molecular flexibility index (Phi) is 11.1. The van der Waals surface area contributed by atoms with Crippen molar-refractivity contribution in [2.75, 3.05) is 11.9 Å². The van der Waals surface area contributed by atoms with Crippen LogP contribution in [0.3, 0.4) is 0 Å². The monoisotopic (exact) mass is 587 g/mol. The molecule has 0 radical (unpaired) electrons. The highest BCUT2D eigenvalue weighted by Gasteiger charge is 2.51. The van der Waals surface area contributed by atoms with Crippen molar-refractivity contribution in [2.24, 2.45) is 0 Å². The second-order valence-corrected chi connectivity index (χ2v) is 30.8. The molecule has 0 saturated carbocycles. The smallest absolute Gasteiger partial charge is 0.231 e. The van der Waals surface area contributed by atoms with E-state index in [1.165, 1.54) is 0 Å². The number of ether oxygens (including phenoxy) is 1. The lowest BCUT2D eigenvalue weighted by Gasteiger charge is -2.51. The molecule has 1 N–H and O–H groups in total. The second-order valence-electron chi connectivity index (χ2n) is 12.3. The van der Waals surface area contributed by atoms with Crippen LogP contribution in [0.25, 0.3) is 0 Å². The van der Waals surface area contributed by atoms with E-state index in [0.717, 1.165) is 0 Å². The van der Waals surface area contributed by atoms with Gasteiger partial charge < -0.3 is 27.8 Å². The Balaban J connectivity index is 3.48. The number of hydrogen-bond acceptors (Lipinski definition) is 6. The molecule has 12 heteroatoms. The number of carbonyl (C=O) groups is 1. The molecule has 0 aliphatic carbocycles. The molecule has 1 amide bonds. The summed E-state index contributed by atoms with van der Waals surface area (Å²) in [6, 6.07) is -0.469. The molecule has 1 saturated heterocycles. The first-order chi connectivity index (χ1) is 14.2. The third-order valence-electron chi connectivity index (χ3n) is 4.22. The highest BCUT2D eigenvalue weighted by Crippen LogP contribution is 2.32. The maximum atomic E-state index is 12.5. The van der Waals surface area contributed by atoms with E-state index in [0.29, 0.717) is 6.61 Å². The van der Waals surface area contributed by atoms with Gasteiger partial charge in [0, 0.05) is 0 Å². The topological polar surface area (TPSA) is 75.2 Å². The summed E-state index contributed by atoms with van der Waals surface area (Å²) in [6.45, 7) is 26.2. The molecule has 1 unspecified atom stereocenters. The number of rotatable bonds is 11. The summed E-state index contributed by atoms with van der Waals surface area (Å²) in [6.07, 6.45) is -1.70. The van der Waals surface area contributed by atoms with Crippen LogP contribution in [0.4, 0.5) is 0 Å². The fourth-order valence-corrected chi connectivity index (χ4v) is 7.22. The van der Waals surface area contributed by atoms with Crippen molar-refractivity contribution < 1.29 is 27.2 Å². The number of amides is 1. The molecule has 1 fully saturated rings. The summed E-state index contributed by atoms with van der Waals surface area (Å²) in [4.78, 5) is 12.5. The van der Waals surface area contributed by atoms with Crippen LogP contribution in [0.1, 0.15) is 0 Å². The van der Waals surface area contributed by atoms with Crippen molar-refractivity contribution in [1.82, 2.24) is 5.32 Å². The average Bonchev–Trinajstić information content (AvgIpc) is 2.54. The quantitative estimate of drug-likeness (QED) is 0.278. The van der Waals surface area contributed by atoms with Gasteiger partial charge in [-0.05, 0) is 78.6 Å². The van der Waals surface area contributed by atoms with Gasteiger partial charge in [-0.3, -0.25) is 4.79 Å². The largest absolute Gasteiger partial charge is 0.415 e. The van der Waals surface area contributed by atoms with E-state index in [-0.39, 0.29) is 29.5 Å². The first-order valence-electron chi connectivity index (χ1n) is 11.4. The summed E-state index contributed by atoms with van der Waals surface area (Å²) < 4.78 is 32.7. The van der Waals surface area contributed by atoms with Crippen LogP contribution < -0.4 is 5.32 Å². The van der Waals surface area contributed by atoms with Crippen LogP contribution >= 0.6 is 15.9 Å². The Morgan fingerprint density at radius 2 is 1.25 bits per heavy atom. The minimum Gasteiger partial charge on any atom is -0.415 e. The van der Waals surface area contributed by atoms with Crippen molar-refractivity contribution in [3.8, 4) is 0 Å². The predicted octanol–water partition coefficient (Wildman–Crippen LogP) is 4.73. The molecular weight excluding hydrogens is 542 g/mol. The number of halogens is 1.